The Hall–Kier alpha value is -3.35. The zero-order chi connectivity index (χ0) is 16.8. The Bertz CT molecular complexity index is 841. The van der Waals surface area contributed by atoms with Gasteiger partial charge in [-0.25, -0.2) is 14.4 Å². The number of benzene rings is 1. The molecule has 120 valence electrons. The maximum atomic E-state index is 13.2. The number of hydrogen-bond acceptors (Lipinski definition) is 5. The summed E-state index contributed by atoms with van der Waals surface area (Å²) in [5, 5.41) is 5.62. The van der Waals surface area contributed by atoms with Gasteiger partial charge in [0.05, 0.1) is 0 Å². The zero-order valence-corrected chi connectivity index (χ0v) is 12.6. The number of amides is 1. The molecule has 3 rings (SSSR count). The minimum absolute atomic E-state index is 0.183. The standard InChI is InChI=1S/C17H14FN5O/c18-13-4-1-5-14(9-13)22-16(24)15-6-8-20-17(23-15)21-11-12-3-2-7-19-10-12/h1-10H,11H2,(H,22,24)(H,20,21,23). The number of anilines is 2. The Labute approximate surface area is 137 Å². The average molecular weight is 323 g/mol. The highest BCUT2D eigenvalue weighted by Crippen LogP contribution is 2.11. The van der Waals surface area contributed by atoms with E-state index >= 15 is 0 Å². The van der Waals surface area contributed by atoms with E-state index in [1.165, 1.54) is 30.5 Å². The van der Waals surface area contributed by atoms with Gasteiger partial charge in [0.2, 0.25) is 5.95 Å². The van der Waals surface area contributed by atoms with Crippen LogP contribution in [-0.2, 0) is 6.54 Å². The van der Waals surface area contributed by atoms with Gasteiger partial charge < -0.3 is 10.6 Å². The molecule has 0 bridgehead atoms. The van der Waals surface area contributed by atoms with Crippen molar-refractivity contribution < 1.29 is 9.18 Å². The minimum Gasteiger partial charge on any atom is -0.350 e. The van der Waals surface area contributed by atoms with E-state index in [0.29, 0.717) is 18.2 Å². The molecule has 0 spiro atoms. The summed E-state index contributed by atoms with van der Waals surface area (Å²) in [6.07, 6.45) is 4.91. The van der Waals surface area contributed by atoms with Crippen molar-refractivity contribution in [2.45, 2.75) is 6.54 Å². The summed E-state index contributed by atoms with van der Waals surface area (Å²) in [6, 6.07) is 10.9. The molecule has 2 N–H and O–H groups in total. The Morgan fingerprint density at radius 2 is 2.04 bits per heavy atom. The predicted molar refractivity (Wildman–Crippen MR) is 87.9 cm³/mol. The Kier molecular flexibility index (Phi) is 4.71. The van der Waals surface area contributed by atoms with Crippen molar-refractivity contribution in [1.82, 2.24) is 15.0 Å². The van der Waals surface area contributed by atoms with Crippen LogP contribution >= 0.6 is 0 Å². The highest BCUT2D eigenvalue weighted by Gasteiger charge is 2.09. The van der Waals surface area contributed by atoms with Gasteiger partial charge in [-0.05, 0) is 35.9 Å². The molecule has 0 saturated carbocycles. The molecule has 0 aliphatic rings. The average Bonchev–Trinajstić information content (AvgIpc) is 2.61. The second-order valence-electron chi connectivity index (χ2n) is 4.94. The summed E-state index contributed by atoms with van der Waals surface area (Å²) in [4.78, 5) is 24.4. The van der Waals surface area contributed by atoms with Gasteiger partial charge in [-0.1, -0.05) is 12.1 Å². The fourth-order valence-electron chi connectivity index (χ4n) is 2.02. The van der Waals surface area contributed by atoms with Crippen LogP contribution in [0, 0.1) is 5.82 Å². The van der Waals surface area contributed by atoms with E-state index in [9.17, 15) is 9.18 Å². The van der Waals surface area contributed by atoms with Gasteiger partial charge in [-0.15, -0.1) is 0 Å². The zero-order valence-electron chi connectivity index (χ0n) is 12.6. The Balaban J connectivity index is 1.67. The van der Waals surface area contributed by atoms with Gasteiger partial charge in [-0.2, -0.15) is 0 Å². The molecule has 0 fully saturated rings. The molecule has 3 aromatic rings. The summed E-state index contributed by atoms with van der Waals surface area (Å²) in [5.74, 6) is -0.535. The SMILES string of the molecule is O=C(Nc1cccc(F)c1)c1ccnc(NCc2cccnc2)n1. The minimum atomic E-state index is -0.438. The highest BCUT2D eigenvalue weighted by molar-refractivity contribution is 6.02. The van der Waals surface area contributed by atoms with Crippen LogP contribution in [0.4, 0.5) is 16.0 Å². The lowest BCUT2D eigenvalue weighted by Gasteiger charge is -2.07. The first kappa shape index (κ1) is 15.5. The van der Waals surface area contributed by atoms with Crippen LogP contribution in [0.5, 0.6) is 0 Å². The van der Waals surface area contributed by atoms with Gasteiger partial charge in [-0.3, -0.25) is 9.78 Å². The van der Waals surface area contributed by atoms with Crippen LogP contribution < -0.4 is 10.6 Å². The van der Waals surface area contributed by atoms with Crippen molar-refractivity contribution >= 4 is 17.5 Å². The highest BCUT2D eigenvalue weighted by atomic mass is 19.1. The molecule has 2 aromatic heterocycles. The van der Waals surface area contributed by atoms with E-state index < -0.39 is 11.7 Å². The van der Waals surface area contributed by atoms with E-state index in [-0.39, 0.29) is 5.69 Å². The predicted octanol–water partition coefficient (Wildman–Crippen LogP) is 2.88. The third kappa shape index (κ3) is 4.10. The number of nitrogens with one attached hydrogen (secondary N) is 2. The van der Waals surface area contributed by atoms with Gasteiger partial charge in [0.1, 0.15) is 11.5 Å². The number of pyridine rings is 1. The topological polar surface area (TPSA) is 79.8 Å². The maximum absolute atomic E-state index is 13.2. The quantitative estimate of drug-likeness (QED) is 0.755. The Morgan fingerprint density at radius 1 is 1.12 bits per heavy atom. The molecule has 0 saturated heterocycles. The van der Waals surface area contributed by atoms with E-state index in [1.54, 1.807) is 18.5 Å². The molecular formula is C17H14FN5O. The summed E-state index contributed by atoms with van der Waals surface area (Å²) in [7, 11) is 0. The van der Waals surface area contributed by atoms with Crippen molar-refractivity contribution in [3.63, 3.8) is 0 Å². The summed E-state index contributed by atoms with van der Waals surface area (Å²) in [6.45, 7) is 0.489. The number of rotatable bonds is 5. The lowest BCUT2D eigenvalue weighted by Crippen LogP contribution is -2.15. The van der Waals surface area contributed by atoms with Crippen molar-refractivity contribution in [2.24, 2.45) is 0 Å². The van der Waals surface area contributed by atoms with Crippen LogP contribution in [-0.4, -0.2) is 20.9 Å². The van der Waals surface area contributed by atoms with Crippen molar-refractivity contribution in [1.29, 1.82) is 0 Å². The molecule has 6 nitrogen and oxygen atoms in total. The number of nitrogens with zero attached hydrogens (tertiary/aromatic N) is 3. The maximum Gasteiger partial charge on any atom is 0.274 e. The third-order valence-corrected chi connectivity index (χ3v) is 3.14. The fourth-order valence-corrected chi connectivity index (χ4v) is 2.02. The lowest BCUT2D eigenvalue weighted by molar-refractivity contribution is 0.102. The fraction of sp³-hybridized carbons (Fsp3) is 0.0588. The first-order valence-electron chi connectivity index (χ1n) is 7.23. The number of carbonyl (C=O) groups excluding carboxylic acids is 1. The molecule has 2 heterocycles. The van der Waals surface area contributed by atoms with Crippen molar-refractivity contribution in [3.8, 4) is 0 Å². The van der Waals surface area contributed by atoms with E-state index in [2.05, 4.69) is 25.6 Å². The molecule has 0 aliphatic heterocycles. The molecule has 0 atom stereocenters. The smallest absolute Gasteiger partial charge is 0.274 e. The van der Waals surface area contributed by atoms with Crippen LogP contribution in [0.2, 0.25) is 0 Å². The first-order chi connectivity index (χ1) is 11.7. The largest absolute Gasteiger partial charge is 0.350 e. The van der Waals surface area contributed by atoms with Crippen LogP contribution in [0.25, 0.3) is 0 Å². The van der Waals surface area contributed by atoms with E-state index in [0.717, 1.165) is 5.56 Å². The van der Waals surface area contributed by atoms with Crippen LogP contribution in [0.3, 0.4) is 0 Å². The second kappa shape index (κ2) is 7.28. The molecule has 1 aromatic carbocycles. The summed E-state index contributed by atoms with van der Waals surface area (Å²) < 4.78 is 13.2. The second-order valence-corrected chi connectivity index (χ2v) is 4.94. The number of aromatic nitrogens is 3. The van der Waals surface area contributed by atoms with Crippen LogP contribution in [0.1, 0.15) is 16.1 Å². The molecule has 24 heavy (non-hydrogen) atoms. The lowest BCUT2D eigenvalue weighted by atomic mass is 10.3. The van der Waals surface area contributed by atoms with Crippen molar-refractivity contribution in [2.75, 3.05) is 10.6 Å². The van der Waals surface area contributed by atoms with E-state index in [4.69, 9.17) is 0 Å². The van der Waals surface area contributed by atoms with Gasteiger partial charge in [0.25, 0.3) is 5.91 Å². The molecule has 1 amide bonds. The molecule has 0 radical (unpaired) electrons. The first-order valence-corrected chi connectivity index (χ1v) is 7.23. The molecule has 0 unspecified atom stereocenters. The number of hydrogen-bond donors (Lipinski definition) is 2. The van der Waals surface area contributed by atoms with Crippen LogP contribution in [0.15, 0.2) is 61.1 Å². The summed E-state index contributed by atoms with van der Waals surface area (Å²) >= 11 is 0. The third-order valence-electron chi connectivity index (χ3n) is 3.14. The number of halogens is 1. The van der Waals surface area contributed by atoms with E-state index in [1.807, 2.05) is 12.1 Å². The normalized spacial score (nSPS) is 10.2. The van der Waals surface area contributed by atoms with Gasteiger partial charge in [0.15, 0.2) is 0 Å². The molecular weight excluding hydrogens is 309 g/mol. The molecule has 0 aliphatic carbocycles. The van der Waals surface area contributed by atoms with Gasteiger partial charge >= 0.3 is 0 Å². The monoisotopic (exact) mass is 323 g/mol. The summed E-state index contributed by atoms with van der Waals surface area (Å²) in [5.41, 5.74) is 1.52. The number of carbonyl (C=O) groups is 1. The van der Waals surface area contributed by atoms with Crippen molar-refractivity contribution in [3.05, 3.63) is 78.1 Å². The Morgan fingerprint density at radius 3 is 2.83 bits per heavy atom. The molecule has 7 heteroatoms. The van der Waals surface area contributed by atoms with Gasteiger partial charge in [0, 0.05) is 30.8 Å².